The maximum Gasteiger partial charge on any atom is 0.257 e. The third kappa shape index (κ3) is 2.87. The fourth-order valence-electron chi connectivity index (χ4n) is 3.73. The molecular formula is C19H18F3N5O. The summed E-state index contributed by atoms with van der Waals surface area (Å²) in [6, 6.07) is 1.93. The number of aryl methyl sites for hydroxylation is 3. The summed E-state index contributed by atoms with van der Waals surface area (Å²) in [5.74, 6) is -4.13. The highest BCUT2D eigenvalue weighted by atomic mass is 19.2. The Bertz CT molecular complexity index is 1080. The van der Waals surface area contributed by atoms with Gasteiger partial charge in [-0.3, -0.25) is 14.2 Å². The van der Waals surface area contributed by atoms with Crippen molar-refractivity contribution in [2.75, 3.05) is 6.54 Å². The fraction of sp³-hybridized carbons (Fsp3) is 0.316. The molecule has 9 heteroatoms. The van der Waals surface area contributed by atoms with Crippen molar-refractivity contribution in [3.63, 3.8) is 0 Å². The topological polar surface area (TPSA) is 56.0 Å². The summed E-state index contributed by atoms with van der Waals surface area (Å²) in [6.45, 7) is 2.49. The highest BCUT2D eigenvalue weighted by molar-refractivity contribution is 5.95. The minimum atomic E-state index is -1.50. The molecular weight excluding hydrogens is 371 g/mol. The zero-order valence-corrected chi connectivity index (χ0v) is 15.6. The summed E-state index contributed by atoms with van der Waals surface area (Å²) in [5, 5.41) is 8.63. The number of aromatic nitrogens is 4. The molecule has 0 fully saturated rings. The van der Waals surface area contributed by atoms with E-state index in [1.54, 1.807) is 36.8 Å². The number of carbonyl (C=O) groups excluding carboxylic acids is 1. The molecule has 0 atom stereocenters. The van der Waals surface area contributed by atoms with Gasteiger partial charge in [0.15, 0.2) is 17.5 Å². The number of fused-ring (bicyclic) bond motifs is 1. The minimum Gasteiger partial charge on any atom is -0.332 e. The van der Waals surface area contributed by atoms with Crippen LogP contribution in [0.5, 0.6) is 0 Å². The lowest BCUT2D eigenvalue weighted by molar-refractivity contribution is 0.0731. The van der Waals surface area contributed by atoms with Crippen LogP contribution in [0, 0.1) is 24.4 Å². The Balaban J connectivity index is 1.68. The van der Waals surface area contributed by atoms with Crippen LogP contribution in [0.1, 0.15) is 27.3 Å². The molecule has 28 heavy (non-hydrogen) atoms. The van der Waals surface area contributed by atoms with E-state index in [1.165, 1.54) is 4.68 Å². The Kier molecular flexibility index (Phi) is 4.24. The zero-order chi connectivity index (χ0) is 20.2. The van der Waals surface area contributed by atoms with Crippen LogP contribution in [-0.4, -0.2) is 36.9 Å². The number of benzene rings is 1. The van der Waals surface area contributed by atoms with E-state index in [0.29, 0.717) is 35.6 Å². The molecule has 6 nitrogen and oxygen atoms in total. The Morgan fingerprint density at radius 2 is 1.79 bits per heavy atom. The van der Waals surface area contributed by atoms with Gasteiger partial charge in [0, 0.05) is 38.0 Å². The second-order valence-electron chi connectivity index (χ2n) is 6.93. The predicted octanol–water partition coefficient (Wildman–Crippen LogP) is 2.74. The van der Waals surface area contributed by atoms with E-state index < -0.39 is 17.5 Å². The fourth-order valence-corrected chi connectivity index (χ4v) is 3.73. The van der Waals surface area contributed by atoms with Crippen LogP contribution in [0.2, 0.25) is 0 Å². The third-order valence-electron chi connectivity index (χ3n) is 4.99. The SMILES string of the molecule is Cc1nn(C)cc1C(=O)N1CCc2c(nn(C)c2-c2cc(F)c(F)c(F)c2)C1. The van der Waals surface area contributed by atoms with Crippen LogP contribution < -0.4 is 0 Å². The van der Waals surface area contributed by atoms with Gasteiger partial charge in [-0.2, -0.15) is 10.2 Å². The molecule has 1 aliphatic heterocycles. The Morgan fingerprint density at radius 3 is 2.39 bits per heavy atom. The molecule has 3 heterocycles. The summed E-state index contributed by atoms with van der Waals surface area (Å²) >= 11 is 0. The molecule has 0 saturated carbocycles. The summed E-state index contributed by atoms with van der Waals surface area (Å²) < 4.78 is 43.8. The number of amides is 1. The van der Waals surface area contributed by atoms with Crippen LogP contribution in [0.3, 0.4) is 0 Å². The number of rotatable bonds is 2. The van der Waals surface area contributed by atoms with Gasteiger partial charge in [-0.15, -0.1) is 0 Å². The maximum atomic E-state index is 13.7. The van der Waals surface area contributed by atoms with Gasteiger partial charge < -0.3 is 4.90 Å². The number of halogens is 3. The van der Waals surface area contributed by atoms with Gasteiger partial charge >= 0.3 is 0 Å². The van der Waals surface area contributed by atoms with Gasteiger partial charge in [-0.1, -0.05) is 0 Å². The Labute approximate surface area is 159 Å². The molecule has 0 unspecified atom stereocenters. The second kappa shape index (κ2) is 6.50. The van der Waals surface area contributed by atoms with Crippen molar-refractivity contribution in [1.29, 1.82) is 0 Å². The van der Waals surface area contributed by atoms with Crippen LogP contribution >= 0.6 is 0 Å². The average molecular weight is 389 g/mol. The molecule has 3 aromatic rings. The molecule has 0 saturated heterocycles. The van der Waals surface area contributed by atoms with Crippen molar-refractivity contribution in [2.45, 2.75) is 19.9 Å². The summed E-state index contributed by atoms with van der Waals surface area (Å²) in [4.78, 5) is 14.5. The first-order valence-corrected chi connectivity index (χ1v) is 8.75. The van der Waals surface area contributed by atoms with Gasteiger partial charge in [0.05, 0.1) is 29.2 Å². The first-order valence-electron chi connectivity index (χ1n) is 8.75. The first-order chi connectivity index (χ1) is 13.3. The quantitative estimate of drug-likeness (QED) is 0.634. The van der Waals surface area contributed by atoms with Crippen molar-refractivity contribution < 1.29 is 18.0 Å². The maximum absolute atomic E-state index is 13.7. The molecule has 0 N–H and O–H groups in total. The molecule has 1 aliphatic rings. The van der Waals surface area contributed by atoms with E-state index in [0.717, 1.165) is 17.7 Å². The highest BCUT2D eigenvalue weighted by Crippen LogP contribution is 2.32. The molecule has 0 spiro atoms. The van der Waals surface area contributed by atoms with Gasteiger partial charge in [0.25, 0.3) is 5.91 Å². The highest BCUT2D eigenvalue weighted by Gasteiger charge is 2.29. The van der Waals surface area contributed by atoms with Gasteiger partial charge in [-0.05, 0) is 25.5 Å². The van der Waals surface area contributed by atoms with E-state index in [2.05, 4.69) is 10.2 Å². The van der Waals surface area contributed by atoms with Crippen LogP contribution in [0.4, 0.5) is 13.2 Å². The van der Waals surface area contributed by atoms with E-state index in [1.807, 2.05) is 0 Å². The summed E-state index contributed by atoms with van der Waals surface area (Å²) in [5.41, 5.74) is 3.39. The molecule has 4 rings (SSSR count). The lowest BCUT2D eigenvalue weighted by Crippen LogP contribution is -2.36. The second-order valence-corrected chi connectivity index (χ2v) is 6.93. The first kappa shape index (κ1) is 18.3. The molecule has 0 bridgehead atoms. The average Bonchev–Trinajstić information content (AvgIpc) is 3.15. The van der Waals surface area contributed by atoms with Crippen molar-refractivity contribution in [3.05, 3.63) is 58.3 Å². The smallest absolute Gasteiger partial charge is 0.257 e. The number of hydrogen-bond donors (Lipinski definition) is 0. The minimum absolute atomic E-state index is 0.137. The van der Waals surface area contributed by atoms with E-state index in [-0.39, 0.29) is 18.0 Å². The normalized spacial score (nSPS) is 13.7. The van der Waals surface area contributed by atoms with Gasteiger partial charge in [0.2, 0.25) is 0 Å². The molecule has 0 radical (unpaired) electrons. The molecule has 2 aromatic heterocycles. The van der Waals surface area contributed by atoms with Crippen molar-refractivity contribution in [1.82, 2.24) is 24.5 Å². The van der Waals surface area contributed by atoms with Crippen LogP contribution in [0.15, 0.2) is 18.3 Å². The van der Waals surface area contributed by atoms with Crippen molar-refractivity contribution in [2.24, 2.45) is 14.1 Å². The number of carbonyl (C=O) groups is 1. The largest absolute Gasteiger partial charge is 0.332 e. The molecule has 1 aromatic carbocycles. The molecule has 1 amide bonds. The van der Waals surface area contributed by atoms with Crippen molar-refractivity contribution in [3.8, 4) is 11.3 Å². The van der Waals surface area contributed by atoms with E-state index in [9.17, 15) is 18.0 Å². The Hall–Kier alpha value is -3.10. The zero-order valence-electron chi connectivity index (χ0n) is 15.6. The standard InChI is InChI=1S/C19H18F3N5O/c1-10-13(8-25(2)23-10)19(28)27-5-4-12-16(9-27)24-26(3)18(12)11-6-14(20)17(22)15(21)7-11/h6-8H,4-5,9H2,1-3H3. The lowest BCUT2D eigenvalue weighted by atomic mass is 9.99. The Morgan fingerprint density at radius 1 is 1.11 bits per heavy atom. The molecule has 146 valence electrons. The monoisotopic (exact) mass is 389 g/mol. The van der Waals surface area contributed by atoms with E-state index >= 15 is 0 Å². The van der Waals surface area contributed by atoms with Crippen molar-refractivity contribution >= 4 is 5.91 Å². The number of nitrogens with zero attached hydrogens (tertiary/aromatic N) is 5. The predicted molar refractivity (Wildman–Crippen MR) is 94.9 cm³/mol. The number of hydrogen-bond acceptors (Lipinski definition) is 3. The van der Waals surface area contributed by atoms with Gasteiger partial charge in [-0.25, -0.2) is 13.2 Å². The van der Waals surface area contributed by atoms with Crippen LogP contribution in [-0.2, 0) is 27.1 Å². The van der Waals surface area contributed by atoms with Crippen LogP contribution in [0.25, 0.3) is 11.3 Å². The lowest BCUT2D eigenvalue weighted by Gasteiger charge is -2.26. The summed E-state index contributed by atoms with van der Waals surface area (Å²) in [7, 11) is 3.41. The van der Waals surface area contributed by atoms with E-state index in [4.69, 9.17) is 0 Å². The molecule has 0 aliphatic carbocycles. The van der Waals surface area contributed by atoms with Gasteiger partial charge in [0.1, 0.15) is 0 Å². The summed E-state index contributed by atoms with van der Waals surface area (Å²) in [6.07, 6.45) is 2.16. The third-order valence-corrected chi connectivity index (χ3v) is 4.99.